The fourth-order valence-electron chi connectivity index (χ4n) is 1.76. The van der Waals surface area contributed by atoms with Crippen LogP contribution in [0.3, 0.4) is 0 Å². The van der Waals surface area contributed by atoms with Gasteiger partial charge in [-0.25, -0.2) is 4.79 Å². The zero-order valence-electron chi connectivity index (χ0n) is 11.4. The molecule has 1 aromatic carbocycles. The van der Waals surface area contributed by atoms with E-state index in [4.69, 9.17) is 9.84 Å². The van der Waals surface area contributed by atoms with E-state index >= 15 is 0 Å². The largest absolute Gasteiger partial charge is 0.467 e. The fourth-order valence-corrected chi connectivity index (χ4v) is 1.76. The van der Waals surface area contributed by atoms with Gasteiger partial charge in [-0.2, -0.15) is 0 Å². The number of aliphatic hydroxyl groups is 1. The van der Waals surface area contributed by atoms with Gasteiger partial charge in [-0.1, -0.05) is 30.3 Å². The molecule has 0 aliphatic heterocycles. The number of methoxy groups -OCH3 is 1. The van der Waals surface area contributed by atoms with Crippen LogP contribution < -0.4 is 0 Å². The number of nitrogens with zero attached hydrogens (tertiary/aromatic N) is 1. The third kappa shape index (κ3) is 5.83. The molecule has 1 atom stereocenters. The van der Waals surface area contributed by atoms with E-state index in [1.807, 2.05) is 42.3 Å². The minimum Gasteiger partial charge on any atom is -0.467 e. The molecule has 5 nitrogen and oxygen atoms in total. The number of hydrogen-bond acceptors (Lipinski definition) is 5. The van der Waals surface area contributed by atoms with Crippen molar-refractivity contribution in [3.05, 3.63) is 35.9 Å². The number of carbonyl (C=O) groups excluding carboxylic acids is 1. The first kappa shape index (κ1) is 15.6. The van der Waals surface area contributed by atoms with E-state index in [0.717, 1.165) is 12.1 Å². The maximum atomic E-state index is 11.6. The Labute approximate surface area is 113 Å². The molecule has 0 radical (unpaired) electrons. The van der Waals surface area contributed by atoms with Gasteiger partial charge < -0.3 is 14.6 Å². The molecule has 5 heteroatoms. The second kappa shape index (κ2) is 8.63. The maximum absolute atomic E-state index is 11.6. The highest BCUT2D eigenvalue weighted by Crippen LogP contribution is 2.05. The van der Waals surface area contributed by atoms with Gasteiger partial charge in [0.05, 0.1) is 20.3 Å². The highest BCUT2D eigenvalue weighted by atomic mass is 16.6. The molecule has 1 aromatic rings. The van der Waals surface area contributed by atoms with E-state index in [9.17, 15) is 4.79 Å². The van der Waals surface area contributed by atoms with Gasteiger partial charge in [-0.15, -0.1) is 0 Å². The van der Waals surface area contributed by atoms with Gasteiger partial charge in [-0.05, 0) is 12.6 Å². The van der Waals surface area contributed by atoms with E-state index < -0.39 is 12.1 Å². The number of likely N-dealkylation sites (N-methyl/N-ethyl adjacent to an activating group) is 1. The van der Waals surface area contributed by atoms with Gasteiger partial charge in [-0.3, -0.25) is 4.90 Å². The molecule has 0 bridgehead atoms. The highest BCUT2D eigenvalue weighted by molar-refractivity contribution is 5.74. The molecule has 0 spiro atoms. The van der Waals surface area contributed by atoms with E-state index in [-0.39, 0.29) is 13.2 Å². The van der Waals surface area contributed by atoms with Crippen LogP contribution >= 0.6 is 0 Å². The Balaban J connectivity index is 2.50. The number of hydrogen-bond donors (Lipinski definition) is 1. The molecule has 106 valence electrons. The molecule has 0 saturated carbocycles. The summed E-state index contributed by atoms with van der Waals surface area (Å²) in [4.78, 5) is 13.5. The standard InChI is InChI=1S/C14H21NO4/c1-15(10-12-6-4-3-5-7-12)11-13(14(17)18-2)19-9-8-16/h3-7,13,16H,8-11H2,1-2H3/t13-/m1/s1. The number of esters is 1. The lowest BCUT2D eigenvalue weighted by atomic mass is 10.2. The van der Waals surface area contributed by atoms with Crippen molar-refractivity contribution in [2.24, 2.45) is 0 Å². The molecule has 0 heterocycles. The van der Waals surface area contributed by atoms with Crippen LogP contribution in [0.4, 0.5) is 0 Å². The van der Waals surface area contributed by atoms with Crippen molar-refractivity contribution < 1.29 is 19.4 Å². The lowest BCUT2D eigenvalue weighted by Gasteiger charge is -2.22. The van der Waals surface area contributed by atoms with E-state index in [0.29, 0.717) is 6.54 Å². The number of carbonyl (C=O) groups is 1. The Morgan fingerprint density at radius 1 is 1.37 bits per heavy atom. The molecule has 19 heavy (non-hydrogen) atoms. The first-order valence-corrected chi connectivity index (χ1v) is 6.20. The van der Waals surface area contributed by atoms with Crippen LogP contribution in [0.2, 0.25) is 0 Å². The van der Waals surface area contributed by atoms with Crippen molar-refractivity contribution in [2.45, 2.75) is 12.6 Å². The summed E-state index contributed by atoms with van der Waals surface area (Å²) < 4.78 is 9.97. The van der Waals surface area contributed by atoms with Crippen LogP contribution in [0.25, 0.3) is 0 Å². The topological polar surface area (TPSA) is 59.0 Å². The smallest absolute Gasteiger partial charge is 0.336 e. The third-order valence-electron chi connectivity index (χ3n) is 2.65. The first-order chi connectivity index (χ1) is 9.17. The summed E-state index contributed by atoms with van der Waals surface area (Å²) >= 11 is 0. The third-order valence-corrected chi connectivity index (χ3v) is 2.65. The Kier molecular flexibility index (Phi) is 7.10. The van der Waals surface area contributed by atoms with Crippen molar-refractivity contribution in [3.8, 4) is 0 Å². The summed E-state index contributed by atoms with van der Waals surface area (Å²) in [6.07, 6.45) is -0.675. The quantitative estimate of drug-likeness (QED) is 0.702. The van der Waals surface area contributed by atoms with Gasteiger partial charge in [0.25, 0.3) is 0 Å². The Bertz CT molecular complexity index is 369. The Morgan fingerprint density at radius 3 is 2.63 bits per heavy atom. The summed E-state index contributed by atoms with van der Waals surface area (Å²) in [6, 6.07) is 9.97. The molecule has 1 N–H and O–H groups in total. The predicted octanol–water partition coefficient (Wildman–Crippen LogP) is 0.669. The van der Waals surface area contributed by atoms with Crippen LogP contribution in [0, 0.1) is 0 Å². The lowest BCUT2D eigenvalue weighted by molar-refractivity contribution is -0.155. The molecular formula is C14H21NO4. The number of rotatable bonds is 8. The highest BCUT2D eigenvalue weighted by Gasteiger charge is 2.21. The summed E-state index contributed by atoms with van der Waals surface area (Å²) in [5.41, 5.74) is 1.16. The van der Waals surface area contributed by atoms with Gasteiger partial charge in [0.15, 0.2) is 6.10 Å². The molecule has 0 aromatic heterocycles. The minimum atomic E-state index is -0.675. The first-order valence-electron chi connectivity index (χ1n) is 6.20. The van der Waals surface area contributed by atoms with Crippen LogP contribution in [-0.2, 0) is 20.8 Å². The van der Waals surface area contributed by atoms with Crippen molar-refractivity contribution in [2.75, 3.05) is 33.9 Å². The zero-order valence-corrected chi connectivity index (χ0v) is 11.4. The van der Waals surface area contributed by atoms with E-state index in [2.05, 4.69) is 4.74 Å². The minimum absolute atomic E-state index is 0.115. The predicted molar refractivity (Wildman–Crippen MR) is 71.6 cm³/mol. The molecule has 0 aliphatic rings. The van der Waals surface area contributed by atoms with Crippen LogP contribution in [0.5, 0.6) is 0 Å². The summed E-state index contributed by atoms with van der Waals surface area (Å²) in [7, 11) is 3.24. The second-order valence-electron chi connectivity index (χ2n) is 4.29. The van der Waals surface area contributed by atoms with Crippen molar-refractivity contribution >= 4 is 5.97 Å². The lowest BCUT2D eigenvalue weighted by Crippen LogP contribution is -2.38. The SMILES string of the molecule is COC(=O)[C@@H](CN(C)Cc1ccccc1)OCCO. The van der Waals surface area contributed by atoms with Gasteiger partial charge in [0.1, 0.15) is 0 Å². The van der Waals surface area contributed by atoms with Gasteiger partial charge in [0.2, 0.25) is 0 Å². The van der Waals surface area contributed by atoms with Crippen molar-refractivity contribution in [1.82, 2.24) is 4.90 Å². The van der Waals surface area contributed by atoms with Gasteiger partial charge in [0, 0.05) is 13.1 Å². The molecule has 0 fully saturated rings. The molecular weight excluding hydrogens is 246 g/mol. The second-order valence-corrected chi connectivity index (χ2v) is 4.29. The van der Waals surface area contributed by atoms with Gasteiger partial charge >= 0.3 is 5.97 Å². The number of ether oxygens (including phenoxy) is 2. The normalized spacial score (nSPS) is 12.4. The average molecular weight is 267 g/mol. The van der Waals surface area contributed by atoms with Crippen molar-refractivity contribution in [1.29, 1.82) is 0 Å². The molecule has 0 unspecified atom stereocenters. The number of aliphatic hydroxyl groups excluding tert-OH is 1. The molecule has 0 amide bonds. The fraction of sp³-hybridized carbons (Fsp3) is 0.500. The van der Waals surface area contributed by atoms with Crippen LogP contribution in [0.15, 0.2) is 30.3 Å². The average Bonchev–Trinajstić information content (AvgIpc) is 2.43. The maximum Gasteiger partial charge on any atom is 0.336 e. The van der Waals surface area contributed by atoms with Crippen molar-refractivity contribution in [3.63, 3.8) is 0 Å². The molecule has 0 aliphatic carbocycles. The van der Waals surface area contributed by atoms with E-state index in [1.165, 1.54) is 7.11 Å². The van der Waals surface area contributed by atoms with Crippen LogP contribution in [-0.4, -0.2) is 56.0 Å². The summed E-state index contributed by atoms with van der Waals surface area (Å²) in [6.45, 7) is 1.15. The number of benzene rings is 1. The Hall–Kier alpha value is -1.43. The zero-order chi connectivity index (χ0) is 14.1. The summed E-state index contributed by atoms with van der Waals surface area (Å²) in [5, 5.41) is 8.75. The summed E-state index contributed by atoms with van der Waals surface area (Å²) in [5.74, 6) is -0.423. The molecule has 1 rings (SSSR count). The monoisotopic (exact) mass is 267 g/mol. The molecule has 0 saturated heterocycles. The van der Waals surface area contributed by atoms with Crippen LogP contribution in [0.1, 0.15) is 5.56 Å². The van der Waals surface area contributed by atoms with E-state index in [1.54, 1.807) is 0 Å². The Morgan fingerprint density at radius 2 is 2.05 bits per heavy atom.